The molecule has 2 rings (SSSR count). The fourth-order valence-corrected chi connectivity index (χ4v) is 1.30. The number of pyridine rings is 1. The first-order valence-electron chi connectivity index (χ1n) is 4.46. The molecule has 0 radical (unpaired) electrons. The van der Waals surface area contributed by atoms with Gasteiger partial charge < -0.3 is 9.84 Å². The number of nitrogens with one attached hydrogen (secondary N) is 1. The lowest BCUT2D eigenvalue weighted by molar-refractivity contribution is 0.379. The van der Waals surface area contributed by atoms with E-state index in [9.17, 15) is 0 Å². The summed E-state index contributed by atoms with van der Waals surface area (Å²) < 4.78 is 4.85. The normalized spacial score (nSPS) is 10.2. The van der Waals surface area contributed by atoms with Crippen molar-refractivity contribution < 1.29 is 4.52 Å². The summed E-state index contributed by atoms with van der Waals surface area (Å²) in [5, 5.41) is 7.19. The van der Waals surface area contributed by atoms with Crippen LogP contribution < -0.4 is 5.32 Å². The summed E-state index contributed by atoms with van der Waals surface area (Å²) in [6, 6.07) is 3.56. The van der Waals surface area contributed by atoms with E-state index in [0.717, 1.165) is 0 Å². The minimum Gasteiger partial charge on any atom is -0.368 e. The third kappa shape index (κ3) is 2.66. The number of rotatable bonds is 4. The maximum atomic E-state index is 5.91. The molecule has 2 aromatic rings. The Kier molecular flexibility index (Phi) is 3.14. The number of halogens is 1. The Labute approximate surface area is 91.5 Å². The van der Waals surface area contributed by atoms with E-state index in [0.29, 0.717) is 29.7 Å². The number of hydrogen-bond acceptors (Lipinski definition) is 5. The number of nitrogens with zero attached hydrogens (tertiary/aromatic N) is 3. The zero-order chi connectivity index (χ0) is 10.5. The van der Waals surface area contributed by atoms with Crippen molar-refractivity contribution in [2.45, 2.75) is 6.42 Å². The van der Waals surface area contributed by atoms with Crippen LogP contribution in [0.15, 0.2) is 29.2 Å². The third-order valence-corrected chi connectivity index (χ3v) is 2.10. The van der Waals surface area contributed by atoms with Gasteiger partial charge in [-0.15, -0.1) is 0 Å². The van der Waals surface area contributed by atoms with Crippen molar-refractivity contribution in [1.29, 1.82) is 0 Å². The van der Waals surface area contributed by atoms with Crippen LogP contribution in [0.3, 0.4) is 0 Å². The summed E-state index contributed by atoms with van der Waals surface area (Å²) in [4.78, 5) is 7.99. The van der Waals surface area contributed by atoms with E-state index in [1.165, 1.54) is 6.33 Å². The van der Waals surface area contributed by atoms with Gasteiger partial charge in [-0.05, 0) is 12.1 Å². The third-order valence-electron chi connectivity index (χ3n) is 1.80. The molecular formula is C9H9ClN4O. The van der Waals surface area contributed by atoms with Crippen molar-refractivity contribution in [3.05, 3.63) is 35.6 Å². The van der Waals surface area contributed by atoms with Crippen LogP contribution in [0.5, 0.6) is 0 Å². The number of anilines is 1. The van der Waals surface area contributed by atoms with Crippen molar-refractivity contribution in [3.8, 4) is 0 Å². The monoisotopic (exact) mass is 224 g/mol. The Morgan fingerprint density at radius 3 is 3.07 bits per heavy atom. The highest BCUT2D eigenvalue weighted by molar-refractivity contribution is 6.32. The highest BCUT2D eigenvalue weighted by atomic mass is 35.5. The first kappa shape index (κ1) is 9.92. The Hall–Kier alpha value is -1.62. The summed E-state index contributed by atoms with van der Waals surface area (Å²) in [6.07, 6.45) is 3.71. The molecule has 0 saturated carbocycles. The molecule has 0 atom stereocenters. The van der Waals surface area contributed by atoms with Gasteiger partial charge in [0.1, 0.15) is 5.82 Å². The largest absolute Gasteiger partial charge is 0.368 e. The lowest BCUT2D eigenvalue weighted by Crippen LogP contribution is -2.06. The minimum absolute atomic E-state index is 0.592. The summed E-state index contributed by atoms with van der Waals surface area (Å²) in [5.74, 6) is 1.26. The lowest BCUT2D eigenvalue weighted by Gasteiger charge is -2.04. The molecule has 6 heteroatoms. The van der Waals surface area contributed by atoms with Gasteiger partial charge in [-0.25, -0.2) is 4.98 Å². The Morgan fingerprint density at radius 2 is 2.33 bits per heavy atom. The standard InChI is InChI=1S/C9H9ClN4O/c10-7-2-1-4-11-9(7)12-5-3-8-13-6-14-15-8/h1-2,4,6H,3,5H2,(H,11,12). The summed E-state index contributed by atoms with van der Waals surface area (Å²) >= 11 is 5.91. The predicted octanol–water partition coefficient (Wildman–Crippen LogP) is 1.77. The van der Waals surface area contributed by atoms with E-state index >= 15 is 0 Å². The number of aromatic nitrogens is 3. The van der Waals surface area contributed by atoms with Gasteiger partial charge in [0.05, 0.1) is 5.02 Å². The van der Waals surface area contributed by atoms with Crippen molar-refractivity contribution in [2.24, 2.45) is 0 Å². The molecule has 5 nitrogen and oxygen atoms in total. The average Bonchev–Trinajstić information content (AvgIpc) is 2.74. The molecule has 0 aliphatic rings. The van der Waals surface area contributed by atoms with Gasteiger partial charge in [-0.3, -0.25) is 0 Å². The maximum Gasteiger partial charge on any atom is 0.228 e. The second-order valence-corrected chi connectivity index (χ2v) is 3.25. The molecule has 78 valence electrons. The van der Waals surface area contributed by atoms with Crippen LogP contribution in [0.4, 0.5) is 5.82 Å². The topological polar surface area (TPSA) is 63.8 Å². The Balaban J connectivity index is 1.86. The van der Waals surface area contributed by atoms with Crippen LogP contribution in [-0.2, 0) is 6.42 Å². The highest BCUT2D eigenvalue weighted by Crippen LogP contribution is 2.16. The zero-order valence-electron chi connectivity index (χ0n) is 7.85. The van der Waals surface area contributed by atoms with E-state index in [-0.39, 0.29) is 0 Å². The highest BCUT2D eigenvalue weighted by Gasteiger charge is 2.01. The van der Waals surface area contributed by atoms with Crippen molar-refractivity contribution in [1.82, 2.24) is 15.1 Å². The Morgan fingerprint density at radius 1 is 1.40 bits per heavy atom. The molecule has 0 bridgehead atoms. The van der Waals surface area contributed by atoms with Gasteiger partial charge in [0.25, 0.3) is 0 Å². The second kappa shape index (κ2) is 4.75. The van der Waals surface area contributed by atoms with Crippen LogP contribution in [0.25, 0.3) is 0 Å². The summed E-state index contributed by atoms with van der Waals surface area (Å²) in [5.41, 5.74) is 0. The van der Waals surface area contributed by atoms with E-state index in [4.69, 9.17) is 16.1 Å². The minimum atomic E-state index is 0.592. The summed E-state index contributed by atoms with van der Waals surface area (Å²) in [7, 11) is 0. The van der Waals surface area contributed by atoms with Crippen LogP contribution in [0.2, 0.25) is 5.02 Å². The van der Waals surface area contributed by atoms with Gasteiger partial charge in [-0.2, -0.15) is 4.98 Å². The Bertz CT molecular complexity index is 418. The first-order chi connectivity index (χ1) is 7.36. The number of hydrogen-bond donors (Lipinski definition) is 1. The van der Waals surface area contributed by atoms with Crippen molar-refractivity contribution >= 4 is 17.4 Å². The molecule has 0 aliphatic heterocycles. The molecule has 0 unspecified atom stereocenters. The van der Waals surface area contributed by atoms with E-state index < -0.39 is 0 Å². The van der Waals surface area contributed by atoms with Crippen LogP contribution >= 0.6 is 11.6 Å². The van der Waals surface area contributed by atoms with E-state index in [1.54, 1.807) is 18.3 Å². The SMILES string of the molecule is Clc1cccnc1NCCc1ncno1. The molecule has 0 amide bonds. The molecule has 2 aromatic heterocycles. The van der Waals surface area contributed by atoms with Crippen LogP contribution in [-0.4, -0.2) is 21.7 Å². The van der Waals surface area contributed by atoms with Gasteiger partial charge in [0.2, 0.25) is 5.89 Å². The smallest absolute Gasteiger partial charge is 0.228 e. The van der Waals surface area contributed by atoms with Crippen LogP contribution in [0, 0.1) is 0 Å². The second-order valence-electron chi connectivity index (χ2n) is 2.85. The molecule has 0 aromatic carbocycles. The molecule has 0 saturated heterocycles. The van der Waals surface area contributed by atoms with E-state index in [1.807, 2.05) is 0 Å². The zero-order valence-corrected chi connectivity index (χ0v) is 8.61. The van der Waals surface area contributed by atoms with E-state index in [2.05, 4.69) is 20.4 Å². The molecule has 0 spiro atoms. The molecular weight excluding hydrogens is 216 g/mol. The predicted molar refractivity (Wildman–Crippen MR) is 55.7 cm³/mol. The fraction of sp³-hybridized carbons (Fsp3) is 0.222. The lowest BCUT2D eigenvalue weighted by atomic mass is 10.4. The quantitative estimate of drug-likeness (QED) is 0.858. The average molecular weight is 225 g/mol. The van der Waals surface area contributed by atoms with Crippen molar-refractivity contribution in [3.63, 3.8) is 0 Å². The fourth-order valence-electron chi connectivity index (χ4n) is 1.11. The summed E-state index contributed by atoms with van der Waals surface area (Å²) in [6.45, 7) is 0.652. The molecule has 0 fully saturated rings. The van der Waals surface area contributed by atoms with Gasteiger partial charge in [0.15, 0.2) is 6.33 Å². The van der Waals surface area contributed by atoms with Crippen LogP contribution in [0.1, 0.15) is 5.89 Å². The first-order valence-corrected chi connectivity index (χ1v) is 4.84. The molecule has 15 heavy (non-hydrogen) atoms. The van der Waals surface area contributed by atoms with Crippen molar-refractivity contribution in [2.75, 3.05) is 11.9 Å². The van der Waals surface area contributed by atoms with Gasteiger partial charge in [0, 0.05) is 19.2 Å². The van der Waals surface area contributed by atoms with Gasteiger partial charge >= 0.3 is 0 Å². The molecule has 1 N–H and O–H groups in total. The maximum absolute atomic E-state index is 5.91. The molecule has 2 heterocycles. The molecule has 0 aliphatic carbocycles. The van der Waals surface area contributed by atoms with Gasteiger partial charge in [-0.1, -0.05) is 16.8 Å².